The molecule has 0 aliphatic heterocycles. The van der Waals surface area contributed by atoms with E-state index in [2.05, 4.69) is 0 Å². The Kier molecular flexibility index (Phi) is 4.20. The Bertz CT molecular complexity index is 939. The fraction of sp³-hybridized carbons (Fsp3) is 0. The van der Waals surface area contributed by atoms with Gasteiger partial charge in [0.05, 0.1) is 5.69 Å². The molecular formula is C18H13ClN2O3. The van der Waals surface area contributed by atoms with Crippen molar-refractivity contribution in [3.63, 3.8) is 0 Å². The zero-order valence-corrected chi connectivity index (χ0v) is 13.2. The molecule has 2 amide bonds. The van der Waals surface area contributed by atoms with Crippen LogP contribution >= 0.6 is 11.6 Å². The van der Waals surface area contributed by atoms with Gasteiger partial charge in [0, 0.05) is 16.1 Å². The molecule has 0 unspecified atom stereocenters. The van der Waals surface area contributed by atoms with Gasteiger partial charge in [0.25, 0.3) is 5.91 Å². The van der Waals surface area contributed by atoms with Crippen LogP contribution in [0.4, 0.5) is 5.69 Å². The summed E-state index contributed by atoms with van der Waals surface area (Å²) in [5.41, 5.74) is 6.28. The molecule has 5 nitrogen and oxygen atoms in total. The van der Waals surface area contributed by atoms with Crippen LogP contribution < -0.4 is 10.8 Å². The summed E-state index contributed by atoms with van der Waals surface area (Å²) in [4.78, 5) is 23.6. The molecule has 3 aromatic rings. The normalized spacial score (nSPS) is 10.6. The monoisotopic (exact) mass is 340 g/mol. The van der Waals surface area contributed by atoms with Crippen LogP contribution in [0.15, 0.2) is 60.7 Å². The Morgan fingerprint density at radius 3 is 2.00 bits per heavy atom. The molecule has 0 aliphatic carbocycles. The van der Waals surface area contributed by atoms with Crippen molar-refractivity contribution in [3.05, 3.63) is 76.8 Å². The molecule has 0 heterocycles. The zero-order chi connectivity index (χ0) is 17.3. The Hall–Kier alpha value is -2.89. The molecule has 0 saturated heterocycles. The van der Waals surface area contributed by atoms with Crippen molar-refractivity contribution in [1.82, 2.24) is 0 Å². The van der Waals surface area contributed by atoms with E-state index < -0.39 is 11.8 Å². The third-order valence-corrected chi connectivity index (χ3v) is 3.89. The standard InChI is InChI=1S/C18H13ClN2O3/c19-15-5-7-16(8-6-15)21(24)18(23)14-4-2-11-9-13(17(20)22)3-1-12(11)10-14/h1-10,24H,(H2,20,22). The first-order valence-corrected chi connectivity index (χ1v) is 7.46. The lowest BCUT2D eigenvalue weighted by molar-refractivity contribution is 0.0854. The fourth-order valence-corrected chi connectivity index (χ4v) is 2.48. The number of anilines is 1. The second-order valence-electron chi connectivity index (χ2n) is 5.23. The van der Waals surface area contributed by atoms with Crippen LogP contribution in [0, 0.1) is 0 Å². The number of rotatable bonds is 3. The summed E-state index contributed by atoms with van der Waals surface area (Å²) in [5.74, 6) is -1.08. The molecule has 0 saturated carbocycles. The number of benzene rings is 3. The molecule has 0 bridgehead atoms. The molecular weight excluding hydrogens is 328 g/mol. The average Bonchev–Trinajstić information content (AvgIpc) is 2.60. The molecule has 0 aromatic heterocycles. The van der Waals surface area contributed by atoms with Crippen molar-refractivity contribution in [2.75, 3.05) is 5.06 Å². The van der Waals surface area contributed by atoms with E-state index in [-0.39, 0.29) is 0 Å². The quantitative estimate of drug-likeness (QED) is 0.564. The lowest BCUT2D eigenvalue weighted by Gasteiger charge is -2.15. The number of hydrogen-bond donors (Lipinski definition) is 2. The maximum Gasteiger partial charge on any atom is 0.282 e. The maximum atomic E-state index is 12.4. The molecule has 120 valence electrons. The number of carbonyl (C=O) groups is 2. The van der Waals surface area contributed by atoms with Crippen LogP contribution in [0.2, 0.25) is 5.02 Å². The summed E-state index contributed by atoms with van der Waals surface area (Å²) in [5, 5.41) is 12.7. The van der Waals surface area contributed by atoms with Gasteiger partial charge in [-0.25, -0.2) is 0 Å². The molecule has 6 heteroatoms. The minimum absolute atomic E-state index is 0.312. The van der Waals surface area contributed by atoms with Crippen molar-refractivity contribution in [2.45, 2.75) is 0 Å². The summed E-state index contributed by atoms with van der Waals surface area (Å²) in [7, 11) is 0. The number of amides is 2. The van der Waals surface area contributed by atoms with Gasteiger partial charge < -0.3 is 5.73 Å². The van der Waals surface area contributed by atoms with E-state index in [1.54, 1.807) is 60.7 Å². The molecule has 24 heavy (non-hydrogen) atoms. The van der Waals surface area contributed by atoms with Crippen LogP contribution in [0.25, 0.3) is 10.8 Å². The maximum absolute atomic E-state index is 12.4. The Labute approximate surface area is 142 Å². The highest BCUT2D eigenvalue weighted by Gasteiger charge is 2.16. The molecule has 0 aliphatic rings. The fourth-order valence-electron chi connectivity index (χ4n) is 2.35. The summed E-state index contributed by atoms with van der Waals surface area (Å²) < 4.78 is 0. The van der Waals surface area contributed by atoms with E-state index in [1.165, 1.54) is 0 Å². The van der Waals surface area contributed by atoms with Crippen LogP contribution in [-0.2, 0) is 0 Å². The van der Waals surface area contributed by atoms with E-state index in [4.69, 9.17) is 17.3 Å². The number of primary amides is 1. The molecule has 3 N–H and O–H groups in total. The SMILES string of the molecule is NC(=O)c1ccc2cc(C(=O)N(O)c3ccc(Cl)cc3)ccc2c1. The van der Waals surface area contributed by atoms with Gasteiger partial charge in [0.15, 0.2) is 0 Å². The van der Waals surface area contributed by atoms with E-state index in [0.29, 0.717) is 26.9 Å². The predicted molar refractivity (Wildman–Crippen MR) is 92.5 cm³/mol. The number of halogens is 1. The van der Waals surface area contributed by atoms with E-state index in [9.17, 15) is 14.8 Å². The largest absolute Gasteiger partial charge is 0.366 e. The lowest BCUT2D eigenvalue weighted by atomic mass is 10.0. The number of nitrogens with zero attached hydrogens (tertiary/aromatic N) is 1. The van der Waals surface area contributed by atoms with Crippen molar-refractivity contribution in [1.29, 1.82) is 0 Å². The number of nitrogens with two attached hydrogens (primary N) is 1. The van der Waals surface area contributed by atoms with E-state index in [0.717, 1.165) is 10.8 Å². The third-order valence-electron chi connectivity index (χ3n) is 3.64. The van der Waals surface area contributed by atoms with Crippen LogP contribution in [0.1, 0.15) is 20.7 Å². The highest BCUT2D eigenvalue weighted by Crippen LogP contribution is 2.22. The Balaban J connectivity index is 1.93. The first kappa shape index (κ1) is 16.0. The van der Waals surface area contributed by atoms with E-state index >= 15 is 0 Å². The molecule has 3 rings (SSSR count). The van der Waals surface area contributed by atoms with Gasteiger partial charge >= 0.3 is 0 Å². The first-order chi connectivity index (χ1) is 11.5. The van der Waals surface area contributed by atoms with Gasteiger partial charge in [-0.1, -0.05) is 23.7 Å². The summed E-state index contributed by atoms with van der Waals surface area (Å²) in [6, 6.07) is 16.1. The first-order valence-electron chi connectivity index (χ1n) is 7.08. The van der Waals surface area contributed by atoms with Crippen molar-refractivity contribution >= 4 is 39.9 Å². The molecule has 0 atom stereocenters. The second kappa shape index (κ2) is 6.31. The summed E-state index contributed by atoms with van der Waals surface area (Å²) >= 11 is 5.80. The highest BCUT2D eigenvalue weighted by atomic mass is 35.5. The van der Waals surface area contributed by atoms with Gasteiger partial charge in [-0.15, -0.1) is 0 Å². The van der Waals surface area contributed by atoms with Gasteiger partial charge in [-0.3, -0.25) is 14.8 Å². The minimum Gasteiger partial charge on any atom is -0.366 e. The predicted octanol–water partition coefficient (Wildman–Crippen LogP) is 3.63. The number of fused-ring (bicyclic) bond motifs is 1. The van der Waals surface area contributed by atoms with Crippen molar-refractivity contribution in [3.8, 4) is 0 Å². The number of hydrogen-bond acceptors (Lipinski definition) is 3. The minimum atomic E-state index is -0.571. The highest BCUT2D eigenvalue weighted by molar-refractivity contribution is 6.30. The van der Waals surface area contributed by atoms with Crippen molar-refractivity contribution in [2.24, 2.45) is 5.73 Å². The lowest BCUT2D eigenvalue weighted by Crippen LogP contribution is -2.26. The van der Waals surface area contributed by atoms with Crippen LogP contribution in [0.3, 0.4) is 0 Å². The third kappa shape index (κ3) is 3.08. The van der Waals surface area contributed by atoms with Crippen LogP contribution in [0.5, 0.6) is 0 Å². The van der Waals surface area contributed by atoms with Gasteiger partial charge in [-0.2, -0.15) is 5.06 Å². The van der Waals surface area contributed by atoms with Gasteiger partial charge in [-0.05, 0) is 59.3 Å². The average molecular weight is 341 g/mol. The van der Waals surface area contributed by atoms with E-state index in [1.807, 2.05) is 0 Å². The topological polar surface area (TPSA) is 83.6 Å². The van der Waals surface area contributed by atoms with Crippen molar-refractivity contribution < 1.29 is 14.8 Å². The van der Waals surface area contributed by atoms with Gasteiger partial charge in [0.1, 0.15) is 0 Å². The Morgan fingerprint density at radius 2 is 1.42 bits per heavy atom. The molecule has 3 aromatic carbocycles. The van der Waals surface area contributed by atoms with Gasteiger partial charge in [0.2, 0.25) is 5.91 Å². The number of carbonyl (C=O) groups excluding carboxylic acids is 2. The van der Waals surface area contributed by atoms with Crippen LogP contribution in [-0.4, -0.2) is 17.0 Å². The zero-order valence-electron chi connectivity index (χ0n) is 12.4. The summed E-state index contributed by atoms with van der Waals surface area (Å²) in [6.07, 6.45) is 0. The second-order valence-corrected chi connectivity index (χ2v) is 5.67. The smallest absolute Gasteiger partial charge is 0.282 e. The molecule has 0 radical (unpaired) electrons. The molecule has 0 spiro atoms. The number of hydroxylamine groups is 1. The summed E-state index contributed by atoms with van der Waals surface area (Å²) in [6.45, 7) is 0. The Morgan fingerprint density at radius 1 is 0.875 bits per heavy atom. The molecule has 0 fully saturated rings.